The molecule has 1 aromatic rings. The number of nitrogens with one attached hydrogen (secondary N) is 1. The van der Waals surface area contributed by atoms with Crippen molar-refractivity contribution in [1.82, 2.24) is 10.2 Å². The van der Waals surface area contributed by atoms with E-state index < -0.39 is 0 Å². The van der Waals surface area contributed by atoms with Crippen LogP contribution in [-0.4, -0.2) is 29.4 Å². The van der Waals surface area contributed by atoms with Crippen LogP contribution < -0.4 is 5.32 Å². The summed E-state index contributed by atoms with van der Waals surface area (Å²) in [4.78, 5) is 14.5. The molecule has 1 aliphatic heterocycles. The number of carbonyl (C=O) groups is 1. The minimum absolute atomic E-state index is 0.00187. The van der Waals surface area contributed by atoms with Crippen LogP contribution in [0.15, 0.2) is 24.3 Å². The molecular formula is C17H26N2O. The zero-order valence-electron chi connectivity index (χ0n) is 12.9. The van der Waals surface area contributed by atoms with Gasteiger partial charge in [-0.25, -0.2) is 0 Å². The van der Waals surface area contributed by atoms with E-state index in [-0.39, 0.29) is 11.4 Å². The summed E-state index contributed by atoms with van der Waals surface area (Å²) >= 11 is 0. The topological polar surface area (TPSA) is 32.3 Å². The molecule has 110 valence electrons. The van der Waals surface area contributed by atoms with Crippen molar-refractivity contribution in [3.05, 3.63) is 35.4 Å². The van der Waals surface area contributed by atoms with E-state index in [1.54, 1.807) is 0 Å². The fraction of sp³-hybridized carbons (Fsp3) is 0.588. The zero-order valence-corrected chi connectivity index (χ0v) is 12.9. The molecule has 1 fully saturated rings. The number of carbonyl (C=O) groups excluding carboxylic acids is 1. The molecule has 1 aliphatic rings. The molecule has 3 nitrogen and oxygen atoms in total. The Bertz CT molecular complexity index is 439. The van der Waals surface area contributed by atoms with Gasteiger partial charge in [0.1, 0.15) is 0 Å². The molecule has 1 amide bonds. The van der Waals surface area contributed by atoms with Crippen molar-refractivity contribution < 1.29 is 4.79 Å². The van der Waals surface area contributed by atoms with E-state index in [0.717, 1.165) is 12.1 Å². The van der Waals surface area contributed by atoms with Gasteiger partial charge in [-0.2, -0.15) is 0 Å². The number of likely N-dealkylation sites (tertiary alicyclic amines) is 1. The number of amides is 1. The summed E-state index contributed by atoms with van der Waals surface area (Å²) < 4.78 is 0. The van der Waals surface area contributed by atoms with Gasteiger partial charge in [0.05, 0.1) is 0 Å². The molecule has 2 rings (SSSR count). The number of benzene rings is 1. The summed E-state index contributed by atoms with van der Waals surface area (Å²) in [6.45, 7) is 9.39. The highest BCUT2D eigenvalue weighted by atomic mass is 16.1. The van der Waals surface area contributed by atoms with Gasteiger partial charge in [0.15, 0.2) is 0 Å². The van der Waals surface area contributed by atoms with Gasteiger partial charge >= 0.3 is 0 Å². The predicted molar refractivity (Wildman–Crippen MR) is 82.8 cm³/mol. The molecule has 20 heavy (non-hydrogen) atoms. The summed E-state index contributed by atoms with van der Waals surface area (Å²) in [5.41, 5.74) is 1.84. The van der Waals surface area contributed by atoms with Gasteiger partial charge in [-0.15, -0.1) is 0 Å². The number of hydrogen-bond donors (Lipinski definition) is 1. The third kappa shape index (κ3) is 4.64. The lowest BCUT2D eigenvalue weighted by Crippen LogP contribution is -2.40. The molecule has 0 radical (unpaired) electrons. The van der Waals surface area contributed by atoms with Gasteiger partial charge in [0.25, 0.3) is 5.91 Å². The van der Waals surface area contributed by atoms with E-state index in [1.165, 1.54) is 37.9 Å². The van der Waals surface area contributed by atoms with Gasteiger partial charge in [0, 0.05) is 17.6 Å². The Labute approximate surface area is 122 Å². The van der Waals surface area contributed by atoms with Crippen LogP contribution in [0, 0.1) is 0 Å². The van der Waals surface area contributed by atoms with Crippen LogP contribution in [-0.2, 0) is 6.54 Å². The monoisotopic (exact) mass is 274 g/mol. The van der Waals surface area contributed by atoms with E-state index in [1.807, 2.05) is 32.9 Å². The van der Waals surface area contributed by atoms with E-state index in [4.69, 9.17) is 0 Å². The maximum atomic E-state index is 12.0. The van der Waals surface area contributed by atoms with Crippen LogP contribution in [0.25, 0.3) is 0 Å². The van der Waals surface area contributed by atoms with Crippen molar-refractivity contribution in [2.75, 3.05) is 13.1 Å². The van der Waals surface area contributed by atoms with Crippen molar-refractivity contribution in [3.8, 4) is 0 Å². The van der Waals surface area contributed by atoms with Gasteiger partial charge < -0.3 is 5.32 Å². The van der Waals surface area contributed by atoms with Crippen LogP contribution in [0.2, 0.25) is 0 Å². The molecule has 1 N–H and O–H groups in total. The standard InChI is InChI=1S/C17H26N2O/c1-17(2,3)18-16(20)15-9-7-14(8-10-15)13-19-11-5-4-6-12-19/h7-10H,4-6,11-13H2,1-3H3,(H,18,20). The summed E-state index contributed by atoms with van der Waals surface area (Å²) in [5.74, 6) is 0.00187. The van der Waals surface area contributed by atoms with E-state index in [2.05, 4.69) is 22.3 Å². The number of hydrogen-bond acceptors (Lipinski definition) is 2. The Balaban J connectivity index is 1.93. The number of nitrogens with zero attached hydrogens (tertiary/aromatic N) is 1. The molecule has 1 aromatic carbocycles. The van der Waals surface area contributed by atoms with Crippen LogP contribution in [0.1, 0.15) is 56.0 Å². The summed E-state index contributed by atoms with van der Waals surface area (Å²) in [6.07, 6.45) is 3.99. The third-order valence-corrected chi connectivity index (χ3v) is 3.56. The van der Waals surface area contributed by atoms with Gasteiger partial charge in [-0.3, -0.25) is 9.69 Å². The molecule has 0 aromatic heterocycles. The summed E-state index contributed by atoms with van der Waals surface area (Å²) in [6, 6.07) is 8.01. The van der Waals surface area contributed by atoms with Crippen LogP contribution in [0.5, 0.6) is 0 Å². The quantitative estimate of drug-likeness (QED) is 0.918. The molecule has 0 aliphatic carbocycles. The van der Waals surface area contributed by atoms with Crippen LogP contribution in [0.4, 0.5) is 0 Å². The Morgan fingerprint density at radius 3 is 2.25 bits per heavy atom. The van der Waals surface area contributed by atoms with E-state index in [9.17, 15) is 4.79 Å². The second-order valence-corrected chi connectivity index (χ2v) is 6.74. The maximum Gasteiger partial charge on any atom is 0.251 e. The lowest BCUT2D eigenvalue weighted by Gasteiger charge is -2.26. The molecule has 0 unspecified atom stereocenters. The maximum absolute atomic E-state index is 12.0. The summed E-state index contributed by atoms with van der Waals surface area (Å²) in [7, 11) is 0. The largest absolute Gasteiger partial charge is 0.347 e. The zero-order chi connectivity index (χ0) is 14.6. The third-order valence-electron chi connectivity index (χ3n) is 3.56. The van der Waals surface area contributed by atoms with Crippen molar-refractivity contribution in [2.24, 2.45) is 0 Å². The first kappa shape index (κ1) is 15.0. The smallest absolute Gasteiger partial charge is 0.251 e. The Morgan fingerprint density at radius 2 is 1.70 bits per heavy atom. The van der Waals surface area contributed by atoms with Crippen molar-refractivity contribution in [2.45, 2.75) is 52.1 Å². The van der Waals surface area contributed by atoms with Gasteiger partial charge in [0.2, 0.25) is 0 Å². The minimum atomic E-state index is -0.191. The Kier molecular flexibility index (Phi) is 4.81. The first-order chi connectivity index (χ1) is 9.44. The average Bonchev–Trinajstić information content (AvgIpc) is 2.39. The van der Waals surface area contributed by atoms with E-state index in [0.29, 0.717) is 0 Å². The van der Waals surface area contributed by atoms with Crippen molar-refractivity contribution in [3.63, 3.8) is 0 Å². The molecule has 0 atom stereocenters. The molecule has 1 saturated heterocycles. The molecule has 0 bridgehead atoms. The lowest BCUT2D eigenvalue weighted by molar-refractivity contribution is 0.0919. The molecule has 1 heterocycles. The summed E-state index contributed by atoms with van der Waals surface area (Å²) in [5, 5.41) is 2.99. The highest BCUT2D eigenvalue weighted by Gasteiger charge is 2.15. The fourth-order valence-corrected chi connectivity index (χ4v) is 2.55. The predicted octanol–water partition coefficient (Wildman–Crippen LogP) is 3.20. The van der Waals surface area contributed by atoms with Crippen LogP contribution >= 0.6 is 0 Å². The minimum Gasteiger partial charge on any atom is -0.347 e. The molecular weight excluding hydrogens is 248 g/mol. The Hall–Kier alpha value is -1.35. The molecule has 0 spiro atoms. The highest BCUT2D eigenvalue weighted by Crippen LogP contribution is 2.14. The fourth-order valence-electron chi connectivity index (χ4n) is 2.55. The van der Waals surface area contributed by atoms with Crippen LogP contribution in [0.3, 0.4) is 0 Å². The first-order valence-electron chi connectivity index (χ1n) is 7.58. The van der Waals surface area contributed by atoms with Gasteiger partial charge in [-0.1, -0.05) is 18.6 Å². The number of piperidine rings is 1. The second-order valence-electron chi connectivity index (χ2n) is 6.74. The SMILES string of the molecule is CC(C)(C)NC(=O)c1ccc(CN2CCCCC2)cc1. The van der Waals surface area contributed by atoms with Gasteiger partial charge in [-0.05, 0) is 64.4 Å². The highest BCUT2D eigenvalue weighted by molar-refractivity contribution is 5.94. The molecule has 3 heteroatoms. The number of rotatable bonds is 3. The van der Waals surface area contributed by atoms with Crippen molar-refractivity contribution >= 4 is 5.91 Å². The van der Waals surface area contributed by atoms with Crippen molar-refractivity contribution in [1.29, 1.82) is 0 Å². The Morgan fingerprint density at radius 1 is 1.10 bits per heavy atom. The lowest BCUT2D eigenvalue weighted by atomic mass is 10.1. The second kappa shape index (κ2) is 6.40. The van der Waals surface area contributed by atoms with E-state index >= 15 is 0 Å². The first-order valence-corrected chi connectivity index (χ1v) is 7.58. The average molecular weight is 274 g/mol. The normalized spacial score (nSPS) is 16.9. The molecule has 0 saturated carbocycles.